The molecule has 300 valence electrons. The predicted molar refractivity (Wildman–Crippen MR) is 205 cm³/mol. The number of phosphoric ester groups is 1. The van der Waals surface area contributed by atoms with Crippen LogP contribution in [0.5, 0.6) is 0 Å². The molecule has 0 heterocycles. The smallest absolute Gasteiger partial charge is 0.457 e. The van der Waals surface area contributed by atoms with Crippen LogP contribution in [-0.4, -0.2) is 66.3 Å². The quantitative estimate of drug-likeness (QED) is 0.0319. The van der Waals surface area contributed by atoms with Crippen LogP contribution in [-0.2, 0) is 27.9 Å². The van der Waals surface area contributed by atoms with Crippen LogP contribution in [0, 0.1) is 0 Å². The Bertz CT molecular complexity index is 754. The molecule has 0 saturated carbocycles. The molecule has 0 aromatic carbocycles. The molecule has 0 bridgehead atoms. The summed E-state index contributed by atoms with van der Waals surface area (Å²) in [5.74, 6) is -0.378. The Labute approximate surface area is 308 Å². The number of hydrogen-bond donors (Lipinski definition) is 3. The molecule has 9 nitrogen and oxygen atoms in total. The minimum atomic E-state index is -4.50. The van der Waals surface area contributed by atoms with Crippen LogP contribution in [0.4, 0.5) is 0 Å². The fourth-order valence-corrected chi connectivity index (χ4v) is 6.85. The first-order chi connectivity index (χ1) is 24.3. The van der Waals surface area contributed by atoms with Gasteiger partial charge in [-0.1, -0.05) is 187 Å². The number of hydrogen-bond acceptors (Lipinski definition) is 8. The van der Waals surface area contributed by atoms with Gasteiger partial charge < -0.3 is 24.6 Å². The number of unbranched alkanes of at least 4 members (excludes halogenated alkanes) is 27. The Hall–Kier alpha value is -0.540. The van der Waals surface area contributed by atoms with Gasteiger partial charge in [0.1, 0.15) is 12.2 Å². The van der Waals surface area contributed by atoms with Crippen LogP contribution in [0.3, 0.4) is 0 Å². The first-order valence-corrected chi connectivity index (χ1v) is 22.5. The lowest BCUT2D eigenvalue weighted by atomic mass is 10.0. The third-order valence-corrected chi connectivity index (χ3v) is 10.2. The Morgan fingerprint density at radius 2 is 0.900 bits per heavy atom. The van der Waals surface area contributed by atoms with Gasteiger partial charge in [0.15, 0.2) is 0 Å². The van der Waals surface area contributed by atoms with Gasteiger partial charge in [-0.15, -0.1) is 0 Å². The molecule has 3 N–H and O–H groups in total. The van der Waals surface area contributed by atoms with Crippen molar-refractivity contribution in [2.45, 2.75) is 219 Å². The van der Waals surface area contributed by atoms with Crippen LogP contribution < -0.4 is 0 Å². The summed E-state index contributed by atoms with van der Waals surface area (Å²) in [6.07, 6.45) is 35.0. The van der Waals surface area contributed by atoms with E-state index in [-0.39, 0.29) is 25.6 Å². The largest absolute Gasteiger partial charge is 0.472 e. The van der Waals surface area contributed by atoms with E-state index in [1.165, 1.54) is 154 Å². The van der Waals surface area contributed by atoms with Crippen molar-refractivity contribution in [2.24, 2.45) is 0 Å². The van der Waals surface area contributed by atoms with Crippen LogP contribution in [0.15, 0.2) is 0 Å². The molecule has 0 aliphatic heterocycles. The topological polar surface area (TPSA) is 132 Å². The van der Waals surface area contributed by atoms with Crippen molar-refractivity contribution in [3.05, 3.63) is 0 Å². The Balaban J connectivity index is 3.99. The molecule has 50 heavy (non-hydrogen) atoms. The summed E-state index contributed by atoms with van der Waals surface area (Å²) in [7, 11) is -4.50. The molecule has 0 radical (unpaired) electrons. The second-order valence-electron chi connectivity index (χ2n) is 14.4. The second-order valence-corrected chi connectivity index (χ2v) is 15.8. The lowest BCUT2D eigenvalue weighted by Crippen LogP contribution is -2.29. The summed E-state index contributed by atoms with van der Waals surface area (Å²) in [5.41, 5.74) is 0. The van der Waals surface area contributed by atoms with E-state index in [4.69, 9.17) is 23.6 Å². The third kappa shape index (κ3) is 37.2. The Kier molecular flexibility index (Phi) is 37.8. The minimum absolute atomic E-state index is 0.0564. The normalized spacial score (nSPS) is 14.1. The van der Waals surface area contributed by atoms with Crippen molar-refractivity contribution >= 4 is 13.8 Å². The molecule has 0 aliphatic carbocycles. The number of carbonyl (C=O) groups excluding carboxylic acids is 1. The summed E-state index contributed by atoms with van der Waals surface area (Å²) in [5, 5.41) is 18.3. The highest BCUT2D eigenvalue weighted by molar-refractivity contribution is 7.47. The van der Waals surface area contributed by atoms with Crippen LogP contribution in [0.2, 0.25) is 0 Å². The lowest BCUT2D eigenvalue weighted by Gasteiger charge is -2.20. The molecule has 0 amide bonds. The molecule has 0 aromatic heterocycles. The number of carbonyl (C=O) groups is 1. The SMILES string of the molecule is CCCCCCCCCCCCCCCCCCCCCCCC(=O)OC(COCCCCCCCCCC)COP(=O)(O)OCC(O)CO. The van der Waals surface area contributed by atoms with Gasteiger partial charge in [-0.2, -0.15) is 0 Å². The third-order valence-electron chi connectivity index (χ3n) is 9.29. The molecule has 10 heteroatoms. The van der Waals surface area contributed by atoms with Gasteiger partial charge in [0.25, 0.3) is 0 Å². The van der Waals surface area contributed by atoms with Crippen LogP contribution in [0.1, 0.15) is 206 Å². The molecule has 0 spiro atoms. The maximum Gasteiger partial charge on any atom is 0.472 e. The number of aliphatic hydroxyl groups excluding tert-OH is 2. The highest BCUT2D eigenvalue weighted by Gasteiger charge is 2.26. The number of rotatable bonds is 41. The zero-order chi connectivity index (χ0) is 36.8. The summed E-state index contributed by atoms with van der Waals surface area (Å²) in [6, 6.07) is 0. The van der Waals surface area contributed by atoms with E-state index in [9.17, 15) is 19.4 Å². The molecule has 3 unspecified atom stereocenters. The monoisotopic (exact) mass is 737 g/mol. The highest BCUT2D eigenvalue weighted by Crippen LogP contribution is 2.43. The first-order valence-electron chi connectivity index (χ1n) is 21.0. The molecule has 3 atom stereocenters. The summed E-state index contributed by atoms with van der Waals surface area (Å²) >= 11 is 0. The van der Waals surface area contributed by atoms with Crippen LogP contribution in [0.25, 0.3) is 0 Å². The second kappa shape index (κ2) is 38.2. The van der Waals surface area contributed by atoms with E-state index in [1.54, 1.807) is 0 Å². The molecular weight excluding hydrogens is 655 g/mol. The van der Waals surface area contributed by atoms with Gasteiger partial charge in [0.05, 0.1) is 26.4 Å². The van der Waals surface area contributed by atoms with Gasteiger partial charge in [-0.25, -0.2) is 4.57 Å². The predicted octanol–water partition coefficient (Wildman–Crippen LogP) is 11.1. The van der Waals surface area contributed by atoms with E-state index < -0.39 is 33.2 Å². The van der Waals surface area contributed by atoms with Gasteiger partial charge in [0.2, 0.25) is 0 Å². The Morgan fingerprint density at radius 3 is 1.30 bits per heavy atom. The molecule has 0 aromatic rings. The van der Waals surface area contributed by atoms with Crippen molar-refractivity contribution in [3.63, 3.8) is 0 Å². The maximum absolute atomic E-state index is 12.6. The zero-order valence-corrected chi connectivity index (χ0v) is 33.5. The average Bonchev–Trinajstić information content (AvgIpc) is 3.10. The van der Waals surface area contributed by atoms with Gasteiger partial charge in [-0.05, 0) is 12.8 Å². The van der Waals surface area contributed by atoms with E-state index in [0.29, 0.717) is 6.61 Å². The van der Waals surface area contributed by atoms with E-state index in [0.717, 1.165) is 32.1 Å². The van der Waals surface area contributed by atoms with Crippen molar-refractivity contribution in [1.82, 2.24) is 0 Å². The molecular formula is C40H81O9P. The van der Waals surface area contributed by atoms with Crippen molar-refractivity contribution in [3.8, 4) is 0 Å². The van der Waals surface area contributed by atoms with Crippen molar-refractivity contribution in [1.29, 1.82) is 0 Å². The van der Waals surface area contributed by atoms with Gasteiger partial charge >= 0.3 is 13.8 Å². The lowest BCUT2D eigenvalue weighted by molar-refractivity contribution is -0.154. The van der Waals surface area contributed by atoms with Crippen molar-refractivity contribution < 1.29 is 43.0 Å². The van der Waals surface area contributed by atoms with Gasteiger partial charge in [0, 0.05) is 13.0 Å². The van der Waals surface area contributed by atoms with E-state index in [2.05, 4.69) is 13.8 Å². The molecule has 0 fully saturated rings. The minimum Gasteiger partial charge on any atom is -0.457 e. The van der Waals surface area contributed by atoms with E-state index >= 15 is 0 Å². The van der Waals surface area contributed by atoms with Crippen LogP contribution >= 0.6 is 7.82 Å². The number of aliphatic hydroxyl groups is 2. The zero-order valence-electron chi connectivity index (χ0n) is 32.6. The fraction of sp³-hybridized carbons (Fsp3) is 0.975. The molecule has 0 rings (SSSR count). The standard InChI is InChI=1S/C40H81O9P/c1-3-5-7-9-11-13-14-15-16-17-18-19-20-21-22-23-24-25-26-28-30-32-40(43)49-39(37-48-50(44,45)47-35-38(42)34-41)36-46-33-31-29-27-12-10-8-6-4-2/h38-39,41-42H,3-37H2,1-2H3,(H,44,45). The fourth-order valence-electron chi connectivity index (χ4n) is 6.06. The van der Waals surface area contributed by atoms with E-state index in [1.807, 2.05) is 0 Å². The molecule has 0 aliphatic rings. The Morgan fingerprint density at radius 1 is 0.540 bits per heavy atom. The molecule has 0 saturated heterocycles. The first kappa shape index (κ1) is 49.5. The number of esters is 1. The average molecular weight is 737 g/mol. The number of ether oxygens (including phenoxy) is 2. The van der Waals surface area contributed by atoms with Crippen molar-refractivity contribution in [2.75, 3.05) is 33.0 Å². The highest BCUT2D eigenvalue weighted by atomic mass is 31.2. The number of phosphoric acid groups is 1. The summed E-state index contributed by atoms with van der Waals surface area (Å²) in [4.78, 5) is 22.5. The summed E-state index contributed by atoms with van der Waals surface area (Å²) in [6.45, 7) is 3.53. The summed E-state index contributed by atoms with van der Waals surface area (Å²) < 4.78 is 33.2. The maximum atomic E-state index is 12.6. The van der Waals surface area contributed by atoms with Gasteiger partial charge in [-0.3, -0.25) is 13.8 Å².